The van der Waals surface area contributed by atoms with Gasteiger partial charge in [0.05, 0.1) is 11.4 Å². The van der Waals surface area contributed by atoms with E-state index in [1.165, 1.54) is 10.9 Å². The Morgan fingerprint density at radius 2 is 2.00 bits per heavy atom. The van der Waals surface area contributed by atoms with Gasteiger partial charge in [-0.2, -0.15) is 5.10 Å². The molecule has 0 radical (unpaired) electrons. The first kappa shape index (κ1) is 11.3. The zero-order valence-corrected chi connectivity index (χ0v) is 8.84. The molecule has 90 valence electrons. The van der Waals surface area contributed by atoms with E-state index in [0.29, 0.717) is 6.07 Å². The van der Waals surface area contributed by atoms with Crippen LogP contribution in [0.25, 0.3) is 0 Å². The quantitative estimate of drug-likeness (QED) is 0.793. The molecule has 1 aromatic carbocycles. The van der Waals surface area contributed by atoms with Crippen molar-refractivity contribution in [3.63, 3.8) is 0 Å². The van der Waals surface area contributed by atoms with Crippen LogP contribution in [-0.4, -0.2) is 9.78 Å². The normalized spacial score (nSPS) is 10.6. The van der Waals surface area contributed by atoms with Crippen LogP contribution >= 0.6 is 0 Å². The Morgan fingerprint density at radius 3 is 2.59 bits per heavy atom. The lowest BCUT2D eigenvalue weighted by Crippen LogP contribution is -2.00. The van der Waals surface area contributed by atoms with Crippen molar-refractivity contribution in [3.8, 4) is 0 Å². The second-order valence-corrected chi connectivity index (χ2v) is 3.48. The summed E-state index contributed by atoms with van der Waals surface area (Å²) in [6, 6.07) is 1.29. The fraction of sp³-hybridized carbons (Fsp3) is 0.100. The molecule has 7 heteroatoms. The van der Waals surface area contributed by atoms with Crippen LogP contribution in [0.3, 0.4) is 0 Å². The topological polar surface area (TPSA) is 55.9 Å². The van der Waals surface area contributed by atoms with E-state index in [1.807, 2.05) is 0 Å². The Balaban J connectivity index is 2.39. The zero-order valence-electron chi connectivity index (χ0n) is 8.84. The van der Waals surface area contributed by atoms with Gasteiger partial charge in [-0.05, 0) is 0 Å². The summed E-state index contributed by atoms with van der Waals surface area (Å²) in [6.45, 7) is 0. The summed E-state index contributed by atoms with van der Waals surface area (Å²) in [5.74, 6) is -3.21. The van der Waals surface area contributed by atoms with Gasteiger partial charge in [-0.1, -0.05) is 0 Å². The summed E-state index contributed by atoms with van der Waals surface area (Å²) >= 11 is 0. The minimum absolute atomic E-state index is 0.136. The Hall–Kier alpha value is -2.18. The van der Waals surface area contributed by atoms with Crippen molar-refractivity contribution in [1.82, 2.24) is 9.78 Å². The Bertz CT molecular complexity index is 565. The first-order chi connectivity index (χ1) is 7.97. The summed E-state index contributed by atoms with van der Waals surface area (Å²) in [7, 11) is 1.62. The van der Waals surface area contributed by atoms with Crippen LogP contribution in [0.4, 0.5) is 30.4 Å². The maximum absolute atomic E-state index is 13.3. The highest BCUT2D eigenvalue weighted by Crippen LogP contribution is 2.25. The van der Waals surface area contributed by atoms with Crippen LogP contribution in [0.2, 0.25) is 0 Å². The van der Waals surface area contributed by atoms with E-state index in [0.717, 1.165) is 6.07 Å². The number of anilines is 3. The van der Waals surface area contributed by atoms with Crippen LogP contribution in [0, 0.1) is 17.5 Å². The molecule has 0 atom stereocenters. The number of hydrogen-bond acceptors (Lipinski definition) is 3. The third kappa shape index (κ3) is 2.17. The second kappa shape index (κ2) is 4.00. The molecule has 0 aliphatic heterocycles. The SMILES string of the molecule is Cn1cc(N)c(Nc2cc(F)cc(F)c2F)n1. The molecule has 17 heavy (non-hydrogen) atoms. The van der Waals surface area contributed by atoms with Crippen molar-refractivity contribution in [2.45, 2.75) is 0 Å². The Labute approximate surface area is 94.8 Å². The zero-order chi connectivity index (χ0) is 12.6. The smallest absolute Gasteiger partial charge is 0.182 e. The van der Waals surface area contributed by atoms with E-state index >= 15 is 0 Å². The summed E-state index contributed by atoms with van der Waals surface area (Å²) in [5, 5.41) is 6.31. The van der Waals surface area contributed by atoms with E-state index in [4.69, 9.17) is 5.73 Å². The lowest BCUT2D eigenvalue weighted by Gasteiger charge is -2.06. The van der Waals surface area contributed by atoms with Gasteiger partial charge in [0.1, 0.15) is 5.82 Å². The van der Waals surface area contributed by atoms with Gasteiger partial charge in [0.2, 0.25) is 0 Å². The highest BCUT2D eigenvalue weighted by atomic mass is 19.2. The summed E-state index contributed by atoms with van der Waals surface area (Å²) in [4.78, 5) is 0. The van der Waals surface area contributed by atoms with Crippen molar-refractivity contribution in [3.05, 3.63) is 35.8 Å². The monoisotopic (exact) mass is 242 g/mol. The lowest BCUT2D eigenvalue weighted by atomic mass is 10.3. The standard InChI is InChI=1S/C10H9F3N4/c1-17-4-7(14)10(16-17)15-8-3-5(11)2-6(12)9(8)13/h2-4H,14H2,1H3,(H,15,16). The molecule has 3 N–H and O–H groups in total. The van der Waals surface area contributed by atoms with E-state index in [2.05, 4.69) is 10.4 Å². The number of aryl methyl sites for hydroxylation is 1. The lowest BCUT2D eigenvalue weighted by molar-refractivity contribution is 0.498. The third-order valence-corrected chi connectivity index (χ3v) is 2.10. The Kier molecular flexibility index (Phi) is 2.66. The molecule has 1 aromatic heterocycles. The van der Waals surface area contributed by atoms with Crippen molar-refractivity contribution in [2.75, 3.05) is 11.1 Å². The average Bonchev–Trinajstić information content (AvgIpc) is 2.53. The predicted octanol–water partition coefficient (Wildman–Crippen LogP) is 2.16. The molecule has 2 aromatic rings. The van der Waals surface area contributed by atoms with Gasteiger partial charge < -0.3 is 11.1 Å². The molecule has 0 spiro atoms. The molecule has 0 fully saturated rings. The number of nitrogens with zero attached hydrogens (tertiary/aromatic N) is 2. The summed E-state index contributed by atoms with van der Waals surface area (Å²) < 4.78 is 40.6. The van der Waals surface area contributed by atoms with Crippen LogP contribution in [0.1, 0.15) is 0 Å². The molecule has 2 rings (SSSR count). The number of nitrogens with two attached hydrogens (primary N) is 1. The molecule has 0 unspecified atom stereocenters. The van der Waals surface area contributed by atoms with Gasteiger partial charge in [0, 0.05) is 25.4 Å². The minimum Gasteiger partial charge on any atom is -0.394 e. The maximum atomic E-state index is 13.3. The fourth-order valence-corrected chi connectivity index (χ4v) is 1.38. The van der Waals surface area contributed by atoms with E-state index < -0.39 is 17.5 Å². The van der Waals surface area contributed by atoms with Gasteiger partial charge in [-0.25, -0.2) is 13.2 Å². The number of nitrogen functional groups attached to an aromatic ring is 1. The predicted molar refractivity (Wildman–Crippen MR) is 57.2 cm³/mol. The van der Waals surface area contributed by atoms with Crippen molar-refractivity contribution < 1.29 is 13.2 Å². The van der Waals surface area contributed by atoms with E-state index in [-0.39, 0.29) is 17.2 Å². The first-order valence-electron chi connectivity index (χ1n) is 4.68. The van der Waals surface area contributed by atoms with Gasteiger partial charge in [-0.15, -0.1) is 0 Å². The average molecular weight is 242 g/mol. The van der Waals surface area contributed by atoms with Crippen LogP contribution < -0.4 is 11.1 Å². The van der Waals surface area contributed by atoms with Crippen LogP contribution in [0.15, 0.2) is 18.3 Å². The maximum Gasteiger partial charge on any atom is 0.182 e. The van der Waals surface area contributed by atoms with E-state index in [1.54, 1.807) is 7.05 Å². The molecular weight excluding hydrogens is 233 g/mol. The number of rotatable bonds is 2. The molecule has 1 heterocycles. The number of aromatic nitrogens is 2. The van der Waals surface area contributed by atoms with Gasteiger partial charge in [-0.3, -0.25) is 4.68 Å². The number of hydrogen-bond donors (Lipinski definition) is 2. The second-order valence-electron chi connectivity index (χ2n) is 3.48. The molecule has 4 nitrogen and oxygen atoms in total. The van der Waals surface area contributed by atoms with E-state index in [9.17, 15) is 13.2 Å². The van der Waals surface area contributed by atoms with Crippen molar-refractivity contribution in [2.24, 2.45) is 7.05 Å². The number of nitrogens with one attached hydrogen (secondary N) is 1. The Morgan fingerprint density at radius 1 is 1.29 bits per heavy atom. The highest BCUT2D eigenvalue weighted by Gasteiger charge is 2.13. The van der Waals surface area contributed by atoms with Gasteiger partial charge in [0.15, 0.2) is 17.5 Å². The molecule has 0 aliphatic carbocycles. The first-order valence-corrected chi connectivity index (χ1v) is 4.68. The highest BCUT2D eigenvalue weighted by molar-refractivity contribution is 5.68. The van der Waals surface area contributed by atoms with Crippen molar-refractivity contribution >= 4 is 17.2 Å². The molecule has 0 aliphatic rings. The molecular formula is C10H9F3N4. The van der Waals surface area contributed by atoms with Crippen molar-refractivity contribution in [1.29, 1.82) is 0 Å². The van der Waals surface area contributed by atoms with Gasteiger partial charge in [0.25, 0.3) is 0 Å². The largest absolute Gasteiger partial charge is 0.394 e. The third-order valence-electron chi connectivity index (χ3n) is 2.10. The van der Waals surface area contributed by atoms with Crippen LogP contribution in [-0.2, 0) is 7.05 Å². The fourth-order valence-electron chi connectivity index (χ4n) is 1.38. The summed E-state index contributed by atoms with van der Waals surface area (Å²) in [5.41, 5.74) is 5.45. The molecule has 0 saturated heterocycles. The molecule has 0 bridgehead atoms. The minimum atomic E-state index is -1.28. The summed E-state index contributed by atoms with van der Waals surface area (Å²) in [6.07, 6.45) is 1.48. The molecule has 0 saturated carbocycles. The van der Waals surface area contributed by atoms with Crippen LogP contribution in [0.5, 0.6) is 0 Å². The van der Waals surface area contributed by atoms with Gasteiger partial charge >= 0.3 is 0 Å². The number of halogens is 3. The molecule has 0 amide bonds. The number of benzene rings is 1.